The van der Waals surface area contributed by atoms with E-state index in [4.69, 9.17) is 9.97 Å². The monoisotopic (exact) mass is 842 g/mol. The summed E-state index contributed by atoms with van der Waals surface area (Å²) in [6.07, 6.45) is 0. The van der Waals surface area contributed by atoms with E-state index < -0.39 is 0 Å². The fourth-order valence-corrected chi connectivity index (χ4v) is 11.1. The summed E-state index contributed by atoms with van der Waals surface area (Å²) in [7, 11) is 0. The molecule has 0 aliphatic rings. The van der Waals surface area contributed by atoms with Gasteiger partial charge in [0.15, 0.2) is 5.82 Å². The smallest absolute Gasteiger partial charge is 0.160 e. The summed E-state index contributed by atoms with van der Waals surface area (Å²) in [6, 6.07) is 83.5. The van der Waals surface area contributed by atoms with Crippen molar-refractivity contribution in [2.45, 2.75) is 0 Å². The van der Waals surface area contributed by atoms with Crippen LogP contribution in [0.5, 0.6) is 0 Å². The average Bonchev–Trinajstić information content (AvgIpc) is 3.77. The molecule has 0 saturated heterocycles. The van der Waals surface area contributed by atoms with Gasteiger partial charge in [-0.25, -0.2) is 9.97 Å². The second-order valence-corrected chi connectivity index (χ2v) is 17.9. The fourth-order valence-electron chi connectivity index (χ4n) is 10.0. The summed E-state index contributed by atoms with van der Waals surface area (Å²) in [5.41, 5.74) is 12.2. The third-order valence-corrected chi connectivity index (χ3v) is 14.2. The minimum absolute atomic E-state index is 0.715. The van der Waals surface area contributed by atoms with Crippen LogP contribution in [0.15, 0.2) is 231 Å². The first-order valence-electron chi connectivity index (χ1n) is 22.1. The van der Waals surface area contributed by atoms with Gasteiger partial charge in [0.2, 0.25) is 0 Å². The van der Waals surface area contributed by atoms with Gasteiger partial charge in [0.1, 0.15) is 0 Å². The molecule has 0 aliphatic heterocycles. The highest BCUT2D eigenvalue weighted by atomic mass is 32.1. The van der Waals surface area contributed by atoms with Gasteiger partial charge in [0, 0.05) is 36.9 Å². The van der Waals surface area contributed by atoms with Crippen molar-refractivity contribution in [3.8, 4) is 67.3 Å². The molecule has 0 unspecified atom stereocenters. The maximum absolute atomic E-state index is 5.22. The normalized spacial score (nSPS) is 11.7. The molecular formula is C62H38N2S. The molecular weight excluding hydrogens is 805 g/mol. The van der Waals surface area contributed by atoms with E-state index in [-0.39, 0.29) is 0 Å². The summed E-state index contributed by atoms with van der Waals surface area (Å²) >= 11 is 1.83. The van der Waals surface area contributed by atoms with Crippen molar-refractivity contribution in [1.82, 2.24) is 9.97 Å². The van der Waals surface area contributed by atoms with Crippen molar-refractivity contribution in [3.05, 3.63) is 231 Å². The van der Waals surface area contributed by atoms with E-state index in [9.17, 15) is 0 Å². The van der Waals surface area contributed by atoms with Crippen molar-refractivity contribution in [2.75, 3.05) is 0 Å². The molecule has 2 heterocycles. The SMILES string of the molecule is c1ccc(-c2nc(-c3ccc(-c4ccc(-c5ccc(-c6c7ccccc7cc7c6ccc6ccccc67)cc5)c5ccccc45)cc3)cc(-c3cccc4sc5ccccc5c34)n2)cc1. The minimum atomic E-state index is 0.715. The van der Waals surface area contributed by atoms with Crippen molar-refractivity contribution in [3.63, 3.8) is 0 Å². The van der Waals surface area contributed by atoms with E-state index in [1.165, 1.54) is 91.1 Å². The highest BCUT2D eigenvalue weighted by Gasteiger charge is 2.18. The van der Waals surface area contributed by atoms with E-state index in [0.29, 0.717) is 5.82 Å². The molecule has 65 heavy (non-hydrogen) atoms. The number of thiophene rings is 1. The molecule has 0 N–H and O–H groups in total. The minimum Gasteiger partial charge on any atom is -0.228 e. The summed E-state index contributed by atoms with van der Waals surface area (Å²) in [4.78, 5) is 10.4. The molecule has 0 spiro atoms. The molecule has 0 aliphatic carbocycles. The number of aromatic nitrogens is 2. The van der Waals surface area contributed by atoms with Gasteiger partial charge in [0.05, 0.1) is 11.4 Å². The maximum Gasteiger partial charge on any atom is 0.160 e. The highest BCUT2D eigenvalue weighted by Crippen LogP contribution is 2.43. The first kappa shape index (κ1) is 37.3. The largest absolute Gasteiger partial charge is 0.228 e. The second-order valence-electron chi connectivity index (χ2n) is 16.8. The van der Waals surface area contributed by atoms with Crippen LogP contribution in [0.2, 0.25) is 0 Å². The fraction of sp³-hybridized carbons (Fsp3) is 0. The number of hydrogen-bond donors (Lipinski definition) is 0. The Morgan fingerprint density at radius 3 is 1.58 bits per heavy atom. The predicted molar refractivity (Wildman–Crippen MR) is 278 cm³/mol. The molecule has 0 amide bonds. The summed E-state index contributed by atoms with van der Waals surface area (Å²) < 4.78 is 2.54. The average molecular weight is 843 g/mol. The van der Waals surface area contributed by atoms with Crippen molar-refractivity contribution >= 4 is 74.6 Å². The molecule has 0 bridgehead atoms. The van der Waals surface area contributed by atoms with Gasteiger partial charge in [-0.3, -0.25) is 0 Å². The van der Waals surface area contributed by atoms with Crippen LogP contribution >= 0.6 is 11.3 Å². The number of benzene rings is 11. The lowest BCUT2D eigenvalue weighted by atomic mass is 9.88. The molecule has 0 fully saturated rings. The lowest BCUT2D eigenvalue weighted by molar-refractivity contribution is 1.19. The molecule has 302 valence electrons. The Bertz CT molecular complexity index is 3980. The van der Waals surface area contributed by atoms with Crippen molar-refractivity contribution < 1.29 is 0 Å². The quantitative estimate of drug-likeness (QED) is 0.123. The van der Waals surface area contributed by atoms with Gasteiger partial charge in [-0.15, -0.1) is 11.3 Å². The zero-order valence-corrected chi connectivity index (χ0v) is 36.1. The van der Waals surface area contributed by atoms with E-state index >= 15 is 0 Å². The third-order valence-electron chi connectivity index (χ3n) is 13.1. The molecule has 0 saturated carbocycles. The molecule has 0 atom stereocenters. The van der Waals surface area contributed by atoms with Crippen LogP contribution in [0.1, 0.15) is 0 Å². The molecule has 0 radical (unpaired) electrons. The van der Waals surface area contributed by atoms with Crippen LogP contribution in [-0.4, -0.2) is 9.97 Å². The van der Waals surface area contributed by atoms with E-state index in [2.05, 4.69) is 212 Å². The van der Waals surface area contributed by atoms with Crippen LogP contribution in [0.25, 0.3) is 131 Å². The lowest BCUT2D eigenvalue weighted by Gasteiger charge is -2.15. The standard InChI is InChI=1S/C62H38N2S/c1-2-14-44(15-3-1)62-63-56(38-57(64-62)53-22-12-24-59-61(53)54-21-10-11-23-58(54)65-59)42-29-25-40(26-30-42)47-35-36-48(51-20-9-8-19-50(47)51)41-27-31-43(32-28-41)60-49-18-7-5-16-45(49)37-55-46-17-6-4-13-39(46)33-34-52(55)60/h1-38H. The van der Waals surface area contributed by atoms with Gasteiger partial charge in [-0.1, -0.05) is 206 Å². The molecule has 13 aromatic rings. The molecule has 11 aromatic carbocycles. The Morgan fingerprint density at radius 1 is 0.277 bits per heavy atom. The first-order chi connectivity index (χ1) is 32.2. The topological polar surface area (TPSA) is 25.8 Å². The molecule has 3 heteroatoms. The summed E-state index contributed by atoms with van der Waals surface area (Å²) in [6.45, 7) is 0. The van der Waals surface area contributed by atoms with Gasteiger partial charge in [-0.2, -0.15) is 0 Å². The number of nitrogens with zero attached hydrogens (tertiary/aromatic N) is 2. The van der Waals surface area contributed by atoms with Gasteiger partial charge >= 0.3 is 0 Å². The van der Waals surface area contributed by atoms with Crippen LogP contribution in [-0.2, 0) is 0 Å². The van der Waals surface area contributed by atoms with Gasteiger partial charge < -0.3 is 0 Å². The zero-order chi connectivity index (χ0) is 42.8. The van der Waals surface area contributed by atoms with E-state index in [1.54, 1.807) is 0 Å². The first-order valence-corrected chi connectivity index (χ1v) is 23.0. The van der Waals surface area contributed by atoms with Crippen LogP contribution in [0.3, 0.4) is 0 Å². The number of fused-ring (bicyclic) bond motifs is 8. The lowest BCUT2D eigenvalue weighted by Crippen LogP contribution is -1.96. The second kappa shape index (κ2) is 15.2. The molecule has 2 nitrogen and oxygen atoms in total. The number of hydrogen-bond acceptors (Lipinski definition) is 3. The van der Waals surface area contributed by atoms with Crippen LogP contribution in [0.4, 0.5) is 0 Å². The van der Waals surface area contributed by atoms with E-state index in [1.807, 2.05) is 29.5 Å². The Hall–Kier alpha value is -8.24. The summed E-state index contributed by atoms with van der Waals surface area (Å²) in [5.74, 6) is 0.715. The maximum atomic E-state index is 5.22. The van der Waals surface area contributed by atoms with Crippen LogP contribution in [0, 0.1) is 0 Å². The van der Waals surface area contributed by atoms with E-state index in [0.717, 1.165) is 33.6 Å². The Balaban J connectivity index is 0.877. The number of rotatable bonds is 6. The Kier molecular flexibility index (Phi) is 8.75. The van der Waals surface area contributed by atoms with Crippen LogP contribution < -0.4 is 0 Å². The zero-order valence-electron chi connectivity index (χ0n) is 35.2. The van der Waals surface area contributed by atoms with Gasteiger partial charge in [-0.05, 0) is 101 Å². The van der Waals surface area contributed by atoms with Gasteiger partial charge in [0.25, 0.3) is 0 Å². The Morgan fingerprint density at radius 2 is 0.846 bits per heavy atom. The Labute approximate surface area is 380 Å². The third kappa shape index (κ3) is 6.31. The predicted octanol–water partition coefficient (Wildman–Crippen LogP) is 17.5. The highest BCUT2D eigenvalue weighted by molar-refractivity contribution is 7.25. The summed E-state index contributed by atoms with van der Waals surface area (Å²) in [5, 5.41) is 12.6. The van der Waals surface area contributed by atoms with Crippen molar-refractivity contribution in [1.29, 1.82) is 0 Å². The van der Waals surface area contributed by atoms with Crippen molar-refractivity contribution in [2.24, 2.45) is 0 Å². The molecule has 13 rings (SSSR count). The molecule has 2 aromatic heterocycles.